The zero-order valence-electron chi connectivity index (χ0n) is 27.7. The average molecular weight is 674 g/mol. The number of imidazole rings is 1. The molecule has 1 aromatic heterocycles. The van der Waals surface area contributed by atoms with Crippen molar-refractivity contribution >= 4 is 37.2 Å². The van der Waals surface area contributed by atoms with Gasteiger partial charge in [0.15, 0.2) is 0 Å². The lowest BCUT2D eigenvalue weighted by atomic mass is 9.76. The maximum absolute atomic E-state index is 11.3. The summed E-state index contributed by atoms with van der Waals surface area (Å²) in [6.07, 6.45) is -0.635. The molecular weight excluding hydrogens is 623 g/mol. The number of nitrogens with zero attached hydrogens (tertiary/aromatic N) is 3. The fraction of sp³-hybridized carbons (Fsp3) is 0.432. The predicted octanol–water partition coefficient (Wildman–Crippen LogP) is 8.69. The van der Waals surface area contributed by atoms with Gasteiger partial charge in [-0.25, -0.2) is 4.98 Å². The molecule has 0 spiro atoms. The lowest BCUT2D eigenvalue weighted by Gasteiger charge is -2.43. The van der Waals surface area contributed by atoms with Gasteiger partial charge >= 0.3 is 0 Å². The van der Waals surface area contributed by atoms with Crippen LogP contribution in [0.1, 0.15) is 87.3 Å². The summed E-state index contributed by atoms with van der Waals surface area (Å²) in [6, 6.07) is 28.3. The molecule has 246 valence electrons. The van der Waals surface area contributed by atoms with Crippen molar-refractivity contribution in [2.75, 3.05) is 32.7 Å². The Balaban J connectivity index is 0.00000235. The summed E-state index contributed by atoms with van der Waals surface area (Å²) in [4.78, 5) is 13.2. The van der Waals surface area contributed by atoms with Crippen LogP contribution in [0.5, 0.6) is 0 Å². The normalized spacial score (nSPS) is 15.1. The number of benzene rings is 3. The van der Waals surface area contributed by atoms with Gasteiger partial charge in [-0.05, 0) is 40.0 Å². The van der Waals surface area contributed by atoms with E-state index in [0.29, 0.717) is 6.54 Å². The molecule has 0 aliphatic carbocycles. The third-order valence-corrected chi connectivity index (χ3v) is 8.62. The van der Waals surface area contributed by atoms with Gasteiger partial charge in [0.1, 0.15) is 11.9 Å². The summed E-state index contributed by atoms with van der Waals surface area (Å²) in [5.41, 5.74) is 8.38. The van der Waals surface area contributed by atoms with Crippen molar-refractivity contribution in [2.24, 2.45) is 0 Å². The standard InChI is InChI=1S/C37H48N4O.3ClH/c1-26-33(39-35(38-26)27-15-9-8-10-16-27)32(42)25-40-21-23-41(24-22-40)34(28-17-11-13-19-30(28)36(2,3)4)29-18-12-14-20-31(29)37(5,6)7;;;/h8-20,32,34,42H,21-25H2,1-7H3,(H,38,39);3*1H. The maximum Gasteiger partial charge on any atom is 0.137 e. The first-order chi connectivity index (χ1) is 19.9. The third kappa shape index (κ3) is 8.91. The number of aromatic nitrogens is 2. The minimum atomic E-state index is -0.635. The molecule has 0 radical (unpaired) electrons. The predicted molar refractivity (Wildman–Crippen MR) is 196 cm³/mol. The van der Waals surface area contributed by atoms with E-state index in [9.17, 15) is 5.11 Å². The summed E-state index contributed by atoms with van der Waals surface area (Å²) < 4.78 is 0. The molecule has 0 saturated carbocycles. The Morgan fingerprint density at radius 3 is 1.67 bits per heavy atom. The number of rotatable bonds is 7. The lowest BCUT2D eigenvalue weighted by molar-refractivity contribution is 0.0601. The van der Waals surface area contributed by atoms with E-state index >= 15 is 0 Å². The zero-order chi connectivity index (χ0) is 30.1. The SMILES string of the molecule is Cc1[nH]c(-c2ccccc2)nc1C(O)CN1CCN(C(c2ccccc2C(C)(C)C)c2ccccc2C(C)(C)C)CC1.Cl.Cl.Cl. The highest BCUT2D eigenvalue weighted by Crippen LogP contribution is 2.40. The molecule has 2 N–H and O–H groups in total. The largest absolute Gasteiger partial charge is 0.385 e. The number of nitrogens with one attached hydrogen (secondary N) is 1. The Labute approximate surface area is 289 Å². The van der Waals surface area contributed by atoms with E-state index in [4.69, 9.17) is 4.98 Å². The van der Waals surface area contributed by atoms with Crippen molar-refractivity contribution in [2.45, 2.75) is 71.4 Å². The van der Waals surface area contributed by atoms with Gasteiger partial charge < -0.3 is 10.1 Å². The minimum absolute atomic E-state index is 0. The number of aliphatic hydroxyl groups excluding tert-OH is 1. The van der Waals surface area contributed by atoms with E-state index in [1.54, 1.807) is 0 Å². The molecule has 4 aromatic rings. The van der Waals surface area contributed by atoms with Gasteiger partial charge in [-0.3, -0.25) is 9.80 Å². The van der Waals surface area contributed by atoms with E-state index in [1.165, 1.54) is 22.3 Å². The molecule has 1 atom stereocenters. The summed E-state index contributed by atoms with van der Waals surface area (Å²) in [7, 11) is 0. The highest BCUT2D eigenvalue weighted by molar-refractivity contribution is 5.86. The smallest absolute Gasteiger partial charge is 0.137 e. The second-order valence-corrected chi connectivity index (χ2v) is 13.9. The van der Waals surface area contributed by atoms with Crippen LogP contribution in [0.15, 0.2) is 78.9 Å². The molecule has 2 heterocycles. The first-order valence-corrected chi connectivity index (χ1v) is 15.4. The molecule has 5 nitrogen and oxygen atoms in total. The molecule has 5 rings (SSSR count). The number of aromatic amines is 1. The first kappa shape index (κ1) is 38.8. The van der Waals surface area contributed by atoms with Crippen LogP contribution >= 0.6 is 37.2 Å². The van der Waals surface area contributed by atoms with E-state index in [2.05, 4.69) is 105 Å². The van der Waals surface area contributed by atoms with Crippen LogP contribution in [0.25, 0.3) is 11.4 Å². The second-order valence-electron chi connectivity index (χ2n) is 13.9. The fourth-order valence-electron chi connectivity index (χ4n) is 6.46. The van der Waals surface area contributed by atoms with Crippen LogP contribution < -0.4 is 0 Å². The average Bonchev–Trinajstić information content (AvgIpc) is 3.36. The molecule has 1 unspecified atom stereocenters. The number of aliphatic hydroxyl groups is 1. The van der Waals surface area contributed by atoms with Crippen molar-refractivity contribution in [3.8, 4) is 11.4 Å². The minimum Gasteiger partial charge on any atom is -0.385 e. The number of hydrogen-bond acceptors (Lipinski definition) is 4. The summed E-state index contributed by atoms with van der Waals surface area (Å²) in [6.45, 7) is 20.2. The summed E-state index contributed by atoms with van der Waals surface area (Å²) in [5.74, 6) is 0.810. The Hall–Kier alpha value is -2.38. The van der Waals surface area contributed by atoms with Gasteiger partial charge in [0, 0.05) is 44.0 Å². The number of halogens is 3. The number of H-pyrrole nitrogens is 1. The number of aryl methyl sites for hydroxylation is 1. The lowest BCUT2D eigenvalue weighted by Crippen LogP contribution is -2.49. The monoisotopic (exact) mass is 672 g/mol. The molecule has 0 amide bonds. The van der Waals surface area contributed by atoms with Crippen molar-refractivity contribution in [3.05, 3.63) is 113 Å². The maximum atomic E-state index is 11.3. The number of β-amino-alcohol motifs (C(OH)–C–C–N with tert-alkyl or cyclic N) is 1. The van der Waals surface area contributed by atoms with E-state index in [1.807, 2.05) is 37.3 Å². The quantitative estimate of drug-likeness (QED) is 0.206. The highest BCUT2D eigenvalue weighted by atomic mass is 35.5. The Morgan fingerprint density at radius 2 is 1.18 bits per heavy atom. The van der Waals surface area contributed by atoms with Gasteiger partial charge in [0.25, 0.3) is 0 Å². The van der Waals surface area contributed by atoms with Crippen LogP contribution in [0.3, 0.4) is 0 Å². The van der Waals surface area contributed by atoms with E-state index in [0.717, 1.165) is 49.0 Å². The topological polar surface area (TPSA) is 55.4 Å². The van der Waals surface area contributed by atoms with Crippen LogP contribution in [-0.2, 0) is 10.8 Å². The Morgan fingerprint density at radius 1 is 0.711 bits per heavy atom. The third-order valence-electron chi connectivity index (χ3n) is 8.62. The molecule has 1 aliphatic rings. The molecule has 1 aliphatic heterocycles. The highest BCUT2D eigenvalue weighted by Gasteiger charge is 2.34. The number of hydrogen-bond donors (Lipinski definition) is 2. The van der Waals surface area contributed by atoms with Crippen molar-refractivity contribution in [1.29, 1.82) is 0 Å². The molecule has 3 aromatic carbocycles. The van der Waals surface area contributed by atoms with Gasteiger partial charge in [0.2, 0.25) is 0 Å². The van der Waals surface area contributed by atoms with Gasteiger partial charge in [-0.2, -0.15) is 0 Å². The van der Waals surface area contributed by atoms with Gasteiger partial charge in [-0.15, -0.1) is 37.2 Å². The van der Waals surface area contributed by atoms with Crippen LogP contribution in [0, 0.1) is 6.92 Å². The van der Waals surface area contributed by atoms with Crippen LogP contribution in [0.4, 0.5) is 0 Å². The van der Waals surface area contributed by atoms with Crippen molar-refractivity contribution in [3.63, 3.8) is 0 Å². The van der Waals surface area contributed by atoms with Crippen LogP contribution in [-0.4, -0.2) is 57.6 Å². The van der Waals surface area contributed by atoms with Crippen molar-refractivity contribution < 1.29 is 5.11 Å². The zero-order valence-corrected chi connectivity index (χ0v) is 30.2. The Bertz CT molecular complexity index is 1430. The van der Waals surface area contributed by atoms with Crippen molar-refractivity contribution in [1.82, 2.24) is 19.8 Å². The molecule has 8 heteroatoms. The Kier molecular flexibility index (Phi) is 13.8. The van der Waals surface area contributed by atoms with Crippen LogP contribution in [0.2, 0.25) is 0 Å². The second kappa shape index (κ2) is 15.9. The molecule has 1 fully saturated rings. The molecule has 0 bridgehead atoms. The fourth-order valence-corrected chi connectivity index (χ4v) is 6.46. The molecular formula is C37H51Cl3N4O. The molecule has 45 heavy (non-hydrogen) atoms. The van der Waals surface area contributed by atoms with Gasteiger partial charge in [0.05, 0.1) is 11.7 Å². The number of piperazine rings is 1. The molecule has 1 saturated heterocycles. The summed E-state index contributed by atoms with van der Waals surface area (Å²) in [5, 5.41) is 11.3. The van der Waals surface area contributed by atoms with E-state index < -0.39 is 6.10 Å². The summed E-state index contributed by atoms with van der Waals surface area (Å²) >= 11 is 0. The van der Waals surface area contributed by atoms with Gasteiger partial charge in [-0.1, -0.05) is 120 Å². The first-order valence-electron chi connectivity index (χ1n) is 15.4. The van der Waals surface area contributed by atoms with E-state index in [-0.39, 0.29) is 54.1 Å².